The number of carbonyl (C=O) groups excluding carboxylic acids is 1. The highest BCUT2D eigenvalue weighted by molar-refractivity contribution is 5.97. The molecule has 3 N–H and O–H groups in total. The van der Waals surface area contributed by atoms with E-state index in [9.17, 15) is 24.3 Å². The number of carbonyl (C=O) groups is 2. The Bertz CT molecular complexity index is 1250. The van der Waals surface area contributed by atoms with Crippen molar-refractivity contribution in [3.63, 3.8) is 0 Å². The zero-order valence-electron chi connectivity index (χ0n) is 16.1. The smallest absolute Gasteiger partial charge is 0.416 e. The van der Waals surface area contributed by atoms with Crippen LogP contribution in [0.3, 0.4) is 0 Å². The van der Waals surface area contributed by atoms with Crippen LogP contribution in [-0.2, 0) is 11.8 Å². The lowest BCUT2D eigenvalue weighted by Crippen LogP contribution is -2.43. The topological polar surface area (TPSA) is 137 Å². The van der Waals surface area contributed by atoms with Crippen LogP contribution >= 0.6 is 0 Å². The number of nitrogens with zero attached hydrogens (tertiary/aromatic N) is 3. The maximum absolute atomic E-state index is 12.9. The molecule has 1 amide bonds. The van der Waals surface area contributed by atoms with Crippen LogP contribution in [0.15, 0.2) is 64.2 Å². The standard InChI is InChI=1S/C20H18N4O6/c1-12(25)30-15-10-6-9-14(11-15)23(20(28)29)16-17(21)24(13-7-4-3-5-8-13)19(27)22(2)18(16)26/h3-11H,21H2,1-2H3,(H,28,29). The number of esters is 1. The second-order valence-electron chi connectivity index (χ2n) is 6.26. The van der Waals surface area contributed by atoms with Gasteiger partial charge < -0.3 is 15.6 Å². The number of hydrogen-bond acceptors (Lipinski definition) is 6. The molecule has 0 aliphatic rings. The normalized spacial score (nSPS) is 10.5. The van der Waals surface area contributed by atoms with Gasteiger partial charge in [-0.25, -0.2) is 19.1 Å². The van der Waals surface area contributed by atoms with Gasteiger partial charge in [0.15, 0.2) is 5.69 Å². The first-order valence-electron chi connectivity index (χ1n) is 8.71. The van der Waals surface area contributed by atoms with Crippen LogP contribution in [0.4, 0.5) is 22.0 Å². The Morgan fingerprint density at radius 1 is 1.07 bits per heavy atom. The molecule has 154 valence electrons. The molecule has 0 atom stereocenters. The summed E-state index contributed by atoms with van der Waals surface area (Å²) in [4.78, 5) is 49.5. The monoisotopic (exact) mass is 410 g/mol. The predicted molar refractivity (Wildman–Crippen MR) is 110 cm³/mol. The Kier molecular flexibility index (Phi) is 5.41. The summed E-state index contributed by atoms with van der Waals surface area (Å²) in [5.41, 5.74) is 4.44. The molecule has 0 aliphatic carbocycles. The van der Waals surface area contributed by atoms with Crippen LogP contribution in [0.5, 0.6) is 5.75 Å². The van der Waals surface area contributed by atoms with Crippen molar-refractivity contribution in [2.75, 3.05) is 10.6 Å². The molecule has 0 spiro atoms. The Labute approximate surface area is 170 Å². The van der Waals surface area contributed by atoms with E-state index < -0.39 is 29.0 Å². The predicted octanol–water partition coefficient (Wildman–Crippen LogP) is 1.86. The van der Waals surface area contributed by atoms with Gasteiger partial charge in [0.2, 0.25) is 0 Å². The van der Waals surface area contributed by atoms with Crippen LogP contribution in [-0.4, -0.2) is 26.3 Å². The Morgan fingerprint density at radius 2 is 1.73 bits per heavy atom. The number of hydrogen-bond donors (Lipinski definition) is 2. The fraction of sp³-hybridized carbons (Fsp3) is 0.100. The summed E-state index contributed by atoms with van der Waals surface area (Å²) >= 11 is 0. The molecule has 0 saturated heterocycles. The van der Waals surface area contributed by atoms with Crippen LogP contribution < -0.4 is 26.6 Å². The number of nitrogens with two attached hydrogens (primary N) is 1. The molecule has 30 heavy (non-hydrogen) atoms. The van der Waals surface area contributed by atoms with Gasteiger partial charge in [-0.2, -0.15) is 0 Å². The first-order valence-corrected chi connectivity index (χ1v) is 8.71. The van der Waals surface area contributed by atoms with E-state index in [1.54, 1.807) is 30.3 Å². The molecule has 0 bridgehead atoms. The number of rotatable bonds is 4. The summed E-state index contributed by atoms with van der Waals surface area (Å²) in [6.07, 6.45) is -1.52. The van der Waals surface area contributed by atoms with E-state index in [1.807, 2.05) is 0 Å². The molecule has 10 heteroatoms. The minimum absolute atomic E-state index is 0.00307. The number of anilines is 3. The summed E-state index contributed by atoms with van der Waals surface area (Å²) in [5, 5.41) is 9.85. The van der Waals surface area contributed by atoms with E-state index in [4.69, 9.17) is 10.5 Å². The minimum Gasteiger partial charge on any atom is -0.464 e. The van der Waals surface area contributed by atoms with Crippen molar-refractivity contribution >= 4 is 29.3 Å². The highest BCUT2D eigenvalue weighted by Gasteiger charge is 2.27. The minimum atomic E-state index is -1.52. The lowest BCUT2D eigenvalue weighted by molar-refractivity contribution is -0.131. The van der Waals surface area contributed by atoms with Crippen molar-refractivity contribution < 1.29 is 19.4 Å². The van der Waals surface area contributed by atoms with Gasteiger partial charge in [0.05, 0.1) is 11.4 Å². The largest absolute Gasteiger partial charge is 0.464 e. The van der Waals surface area contributed by atoms with Crippen molar-refractivity contribution in [2.24, 2.45) is 7.05 Å². The molecular formula is C20H18N4O6. The van der Waals surface area contributed by atoms with Gasteiger partial charge in [-0.15, -0.1) is 0 Å². The molecule has 1 aromatic heterocycles. The van der Waals surface area contributed by atoms with E-state index in [0.717, 1.165) is 9.13 Å². The third kappa shape index (κ3) is 3.65. The molecule has 3 aromatic rings. The lowest BCUT2D eigenvalue weighted by atomic mass is 10.2. The van der Waals surface area contributed by atoms with Crippen molar-refractivity contribution in [3.05, 3.63) is 75.4 Å². The molecule has 3 rings (SSSR count). The average Bonchev–Trinajstić information content (AvgIpc) is 2.70. The number of amides is 1. The molecule has 0 aliphatic heterocycles. The van der Waals surface area contributed by atoms with Crippen LogP contribution in [0.25, 0.3) is 5.69 Å². The van der Waals surface area contributed by atoms with Crippen LogP contribution in [0.1, 0.15) is 6.92 Å². The fourth-order valence-corrected chi connectivity index (χ4v) is 2.94. The summed E-state index contributed by atoms with van der Waals surface area (Å²) < 4.78 is 6.80. The zero-order chi connectivity index (χ0) is 22.0. The van der Waals surface area contributed by atoms with E-state index in [1.165, 1.54) is 38.2 Å². The first kappa shape index (κ1) is 20.4. The van der Waals surface area contributed by atoms with Crippen molar-refractivity contribution in [1.82, 2.24) is 9.13 Å². The second kappa shape index (κ2) is 7.95. The van der Waals surface area contributed by atoms with Gasteiger partial charge in [0.1, 0.15) is 11.6 Å². The van der Waals surface area contributed by atoms with Gasteiger partial charge in [-0.1, -0.05) is 24.3 Å². The number of aromatic nitrogens is 2. The average molecular weight is 410 g/mol. The van der Waals surface area contributed by atoms with Gasteiger partial charge in [0.25, 0.3) is 5.56 Å². The molecule has 0 radical (unpaired) electrons. The van der Waals surface area contributed by atoms with E-state index >= 15 is 0 Å². The fourth-order valence-electron chi connectivity index (χ4n) is 2.94. The number of carboxylic acid groups (broad SMARTS) is 1. The van der Waals surface area contributed by atoms with E-state index in [2.05, 4.69) is 0 Å². The Hall–Kier alpha value is -4.34. The van der Waals surface area contributed by atoms with Crippen molar-refractivity contribution in [1.29, 1.82) is 0 Å². The summed E-state index contributed by atoms with van der Waals surface area (Å²) in [6.45, 7) is 1.20. The molecule has 10 nitrogen and oxygen atoms in total. The van der Waals surface area contributed by atoms with Gasteiger partial charge in [-0.05, 0) is 24.3 Å². The maximum atomic E-state index is 12.9. The summed E-state index contributed by atoms with van der Waals surface area (Å²) in [5.74, 6) is -0.866. The first-order chi connectivity index (χ1) is 14.2. The maximum Gasteiger partial charge on any atom is 0.416 e. The van der Waals surface area contributed by atoms with Gasteiger partial charge >= 0.3 is 17.8 Å². The van der Waals surface area contributed by atoms with Crippen LogP contribution in [0.2, 0.25) is 0 Å². The lowest BCUT2D eigenvalue weighted by Gasteiger charge is -2.23. The number of ether oxygens (including phenoxy) is 1. The number of benzene rings is 2. The summed E-state index contributed by atoms with van der Waals surface area (Å²) in [6, 6.07) is 13.8. The highest BCUT2D eigenvalue weighted by Crippen LogP contribution is 2.30. The number of para-hydroxylation sites is 1. The molecule has 0 unspecified atom stereocenters. The Morgan fingerprint density at radius 3 is 2.33 bits per heavy atom. The Balaban J connectivity index is 2.31. The highest BCUT2D eigenvalue weighted by atomic mass is 16.5. The molecule has 1 heterocycles. The van der Waals surface area contributed by atoms with E-state index in [-0.39, 0.29) is 17.3 Å². The summed E-state index contributed by atoms with van der Waals surface area (Å²) in [7, 11) is 1.22. The molecule has 2 aromatic carbocycles. The quantitative estimate of drug-likeness (QED) is 0.495. The van der Waals surface area contributed by atoms with Gasteiger partial charge in [0, 0.05) is 20.0 Å². The SMILES string of the molecule is CC(=O)Oc1cccc(N(C(=O)O)c2c(N)n(-c3ccccc3)c(=O)n(C)c2=O)c1. The van der Waals surface area contributed by atoms with Crippen LogP contribution in [0, 0.1) is 0 Å². The van der Waals surface area contributed by atoms with Crippen molar-refractivity contribution in [2.45, 2.75) is 6.92 Å². The molecular weight excluding hydrogens is 392 g/mol. The second-order valence-corrected chi connectivity index (χ2v) is 6.26. The number of nitrogen functional groups attached to an aromatic ring is 1. The zero-order valence-corrected chi connectivity index (χ0v) is 16.1. The molecule has 0 fully saturated rings. The third-order valence-corrected chi connectivity index (χ3v) is 4.24. The van der Waals surface area contributed by atoms with Crippen molar-refractivity contribution in [3.8, 4) is 11.4 Å². The third-order valence-electron chi connectivity index (χ3n) is 4.24. The molecule has 0 saturated carbocycles. The van der Waals surface area contributed by atoms with Gasteiger partial charge in [-0.3, -0.25) is 14.2 Å². The van der Waals surface area contributed by atoms with E-state index in [0.29, 0.717) is 10.6 Å².